The molecule has 2 spiro atoms. The first-order valence-corrected chi connectivity index (χ1v) is 14.5. The summed E-state index contributed by atoms with van der Waals surface area (Å²) in [6, 6.07) is 7.37. The van der Waals surface area contributed by atoms with Crippen molar-refractivity contribution >= 4 is 30.0 Å². The third-order valence-electron chi connectivity index (χ3n) is 11.7. The molecule has 42 heavy (non-hydrogen) atoms. The third-order valence-corrected chi connectivity index (χ3v) is 11.7. The van der Waals surface area contributed by atoms with Crippen molar-refractivity contribution in [1.29, 1.82) is 0 Å². The van der Waals surface area contributed by atoms with Crippen molar-refractivity contribution in [3.8, 4) is 0 Å². The summed E-state index contributed by atoms with van der Waals surface area (Å²) >= 11 is 0. The molecule has 2 saturated heterocycles. The van der Waals surface area contributed by atoms with Gasteiger partial charge in [-0.2, -0.15) is 0 Å². The molecule has 0 unspecified atom stereocenters. The minimum Gasteiger partial charge on any atom is -0.460 e. The summed E-state index contributed by atoms with van der Waals surface area (Å²) in [4.78, 5) is 68.2. The van der Waals surface area contributed by atoms with Crippen molar-refractivity contribution in [2.45, 2.75) is 70.1 Å². The number of likely N-dealkylation sites (N-methyl/N-ethyl adjacent to an activating group) is 1. The zero-order chi connectivity index (χ0) is 30.1. The average molecular weight is 578 g/mol. The lowest BCUT2D eigenvalue weighted by atomic mass is 9.38. The lowest BCUT2D eigenvalue weighted by molar-refractivity contribution is -0.268. The number of hydrogen-bond acceptors (Lipinski definition) is 10. The summed E-state index contributed by atoms with van der Waals surface area (Å²) in [6.07, 6.45) is -2.83. The summed E-state index contributed by atoms with van der Waals surface area (Å²) in [5.41, 5.74) is -2.38. The van der Waals surface area contributed by atoms with Gasteiger partial charge in [-0.1, -0.05) is 37.3 Å². The Morgan fingerprint density at radius 2 is 1.69 bits per heavy atom. The highest BCUT2D eigenvalue weighted by Gasteiger charge is 2.93. The number of carbonyl (C=O) groups excluding carboxylic acids is 5. The van der Waals surface area contributed by atoms with E-state index in [-0.39, 0.29) is 12.2 Å². The quantitative estimate of drug-likeness (QED) is 0.238. The van der Waals surface area contributed by atoms with E-state index in [1.165, 1.54) is 13.8 Å². The standard InChI is InChI=1S/C32H35NO9/c1-14-11-31-20-22(37)19(14)23(38)25(31)32-24(21(33(5)26(20)32)28(31)41-16(3)36)30(4,13-34)12-18(27(32)40-15(2)35)42-29(39)17-9-7-6-8-10-17/h6-10,13,18-21,23-28,38H,1,11-12H2,2-5H3/t18-,19+,20-,21-,23+,24-,25-,26-,27-,28-,30+,31+,32-/m1/s1. The van der Waals surface area contributed by atoms with Crippen LogP contribution in [0.4, 0.5) is 0 Å². The summed E-state index contributed by atoms with van der Waals surface area (Å²) in [6.45, 7) is 8.55. The number of fused-ring (bicyclic) bond motifs is 1. The minimum atomic E-state index is -1.20. The van der Waals surface area contributed by atoms with Crippen molar-refractivity contribution in [2.24, 2.45) is 39.9 Å². The van der Waals surface area contributed by atoms with E-state index in [1.54, 1.807) is 37.3 Å². The van der Waals surface area contributed by atoms with E-state index in [9.17, 15) is 29.1 Å². The molecule has 1 aromatic carbocycles. The Balaban J connectivity index is 1.48. The molecule has 0 radical (unpaired) electrons. The molecule has 2 heterocycles. The van der Waals surface area contributed by atoms with Crippen LogP contribution in [-0.2, 0) is 33.4 Å². The van der Waals surface area contributed by atoms with E-state index < -0.39 is 94.3 Å². The van der Waals surface area contributed by atoms with Gasteiger partial charge in [0.15, 0.2) is 0 Å². The van der Waals surface area contributed by atoms with Crippen molar-refractivity contribution in [3.63, 3.8) is 0 Å². The molecular formula is C32H35NO9. The Hall–Kier alpha value is -3.37. The van der Waals surface area contributed by atoms with Gasteiger partial charge in [0.2, 0.25) is 0 Å². The predicted molar refractivity (Wildman–Crippen MR) is 144 cm³/mol. The summed E-state index contributed by atoms with van der Waals surface area (Å²) in [5, 5.41) is 12.1. The molecule has 10 heteroatoms. The molecule has 6 saturated carbocycles. The van der Waals surface area contributed by atoms with Gasteiger partial charge in [0.05, 0.1) is 23.6 Å². The van der Waals surface area contributed by atoms with Gasteiger partial charge in [-0.3, -0.25) is 19.3 Å². The van der Waals surface area contributed by atoms with Crippen molar-refractivity contribution in [2.75, 3.05) is 7.05 Å². The van der Waals surface area contributed by atoms with Gasteiger partial charge in [-0.05, 0) is 25.6 Å². The van der Waals surface area contributed by atoms with Crippen molar-refractivity contribution < 1.29 is 43.3 Å². The van der Waals surface area contributed by atoms with Crippen LogP contribution in [0.3, 0.4) is 0 Å². The second-order valence-corrected chi connectivity index (χ2v) is 13.5. The Bertz CT molecular complexity index is 1440. The van der Waals surface area contributed by atoms with Crippen molar-refractivity contribution in [3.05, 3.63) is 48.0 Å². The van der Waals surface area contributed by atoms with Gasteiger partial charge in [0.1, 0.15) is 30.4 Å². The fourth-order valence-electron chi connectivity index (χ4n) is 11.2. The van der Waals surface area contributed by atoms with Crippen LogP contribution in [0.2, 0.25) is 0 Å². The Kier molecular flexibility index (Phi) is 5.62. The number of ether oxygens (including phenoxy) is 3. The van der Waals surface area contributed by atoms with Gasteiger partial charge in [-0.15, -0.1) is 0 Å². The minimum absolute atomic E-state index is 0.0495. The fourth-order valence-corrected chi connectivity index (χ4v) is 11.2. The molecule has 13 atom stereocenters. The van der Waals surface area contributed by atoms with E-state index >= 15 is 0 Å². The number of Topliss-reactive ketones (excluding diaryl/α,β-unsaturated/α-hetero) is 1. The second-order valence-electron chi connectivity index (χ2n) is 13.5. The third kappa shape index (κ3) is 2.95. The number of benzene rings is 1. The van der Waals surface area contributed by atoms with Crippen LogP contribution in [0, 0.1) is 39.9 Å². The number of piperidine rings is 1. The number of aliphatic hydroxyl groups excluding tert-OH is 1. The molecule has 10 nitrogen and oxygen atoms in total. The van der Waals surface area contributed by atoms with Gasteiger partial charge >= 0.3 is 17.9 Å². The molecule has 0 aromatic heterocycles. The van der Waals surface area contributed by atoms with Crippen LogP contribution in [0.1, 0.15) is 44.0 Å². The van der Waals surface area contributed by atoms with Gasteiger partial charge in [0, 0.05) is 60.3 Å². The number of esters is 3. The molecule has 222 valence electrons. The lowest BCUT2D eigenvalue weighted by Gasteiger charge is -2.68. The Morgan fingerprint density at radius 1 is 1.05 bits per heavy atom. The first-order chi connectivity index (χ1) is 19.9. The van der Waals surface area contributed by atoms with Crippen LogP contribution in [0.15, 0.2) is 42.5 Å². The maximum Gasteiger partial charge on any atom is 0.338 e. The second kappa shape index (κ2) is 8.60. The normalized spacial score (nSPS) is 47.6. The molecule has 8 aliphatic rings. The summed E-state index contributed by atoms with van der Waals surface area (Å²) < 4.78 is 18.4. The molecule has 9 rings (SSSR count). The number of carbonyl (C=O) groups is 5. The van der Waals surface area contributed by atoms with E-state index in [1.807, 2.05) is 11.9 Å². The molecular weight excluding hydrogens is 542 g/mol. The SMILES string of the molecule is C=C1C[C@@]23[C@H](OC(C)=O)[C@H]4[C@H]5[C@@]6([C@H](OC(C)=O)[C@H](OC(=O)c7ccccc7)C[C@@]5(C)C=O)[C@@H]2[C@@H](O)[C@@H]1C(=O)[C@@H]3[C@H]6N4C. The summed E-state index contributed by atoms with van der Waals surface area (Å²) in [7, 11) is 1.85. The maximum absolute atomic E-state index is 14.2. The number of aliphatic hydroxyl groups is 1. The first-order valence-electron chi connectivity index (χ1n) is 14.5. The number of rotatable bonds is 5. The number of nitrogens with zero attached hydrogens (tertiary/aromatic N) is 1. The van der Waals surface area contributed by atoms with Crippen LogP contribution >= 0.6 is 0 Å². The van der Waals surface area contributed by atoms with Crippen LogP contribution < -0.4 is 0 Å². The molecule has 8 fully saturated rings. The highest BCUT2D eigenvalue weighted by atomic mass is 16.6. The van der Waals surface area contributed by atoms with Crippen LogP contribution in [-0.4, -0.2) is 83.5 Å². The largest absolute Gasteiger partial charge is 0.460 e. The average Bonchev–Trinajstić information content (AvgIpc) is 3.25. The zero-order valence-electron chi connectivity index (χ0n) is 24.0. The molecule has 6 aliphatic carbocycles. The highest BCUT2D eigenvalue weighted by molar-refractivity contribution is 5.93. The van der Waals surface area contributed by atoms with Gasteiger partial charge in [0.25, 0.3) is 0 Å². The molecule has 1 aromatic rings. The zero-order valence-corrected chi connectivity index (χ0v) is 24.0. The first kappa shape index (κ1) is 27.5. The van der Waals surface area contributed by atoms with Crippen LogP contribution in [0.25, 0.3) is 0 Å². The van der Waals surface area contributed by atoms with Gasteiger partial charge in [-0.25, -0.2) is 4.79 Å². The van der Waals surface area contributed by atoms with E-state index in [0.717, 1.165) is 6.29 Å². The Labute approximate surface area is 243 Å². The van der Waals surface area contributed by atoms with Gasteiger partial charge < -0.3 is 24.1 Å². The predicted octanol–water partition coefficient (Wildman–Crippen LogP) is 1.74. The van der Waals surface area contributed by atoms with E-state index in [4.69, 9.17) is 14.2 Å². The highest BCUT2D eigenvalue weighted by Crippen LogP contribution is 2.84. The van der Waals surface area contributed by atoms with Crippen LogP contribution in [0.5, 0.6) is 0 Å². The van der Waals surface area contributed by atoms with Crippen molar-refractivity contribution in [1.82, 2.24) is 4.90 Å². The topological polar surface area (TPSA) is 137 Å². The molecule has 2 aliphatic heterocycles. The molecule has 1 N–H and O–H groups in total. The maximum atomic E-state index is 14.2. The monoisotopic (exact) mass is 577 g/mol. The number of ketones is 1. The number of aldehydes is 1. The lowest BCUT2D eigenvalue weighted by Crippen LogP contribution is -2.77. The smallest absolute Gasteiger partial charge is 0.338 e. The van der Waals surface area contributed by atoms with E-state index in [0.29, 0.717) is 17.6 Å². The summed E-state index contributed by atoms with van der Waals surface area (Å²) in [5.74, 6) is -4.66. The Morgan fingerprint density at radius 3 is 2.31 bits per heavy atom. The fraction of sp³-hybridized carbons (Fsp3) is 0.594. The van der Waals surface area contributed by atoms with E-state index in [2.05, 4.69) is 6.58 Å². The molecule has 7 bridgehead atoms. The molecule has 0 amide bonds. The number of hydrogen-bond donors (Lipinski definition) is 1.